The Hall–Kier alpha value is -2.71. The molecule has 1 aliphatic heterocycles. The maximum Gasteiger partial charge on any atom is 0.231 e. The van der Waals surface area contributed by atoms with E-state index in [1.165, 1.54) is 10.4 Å². The highest BCUT2D eigenvalue weighted by molar-refractivity contribution is 7.18. The number of thiophene rings is 1. The van der Waals surface area contributed by atoms with Crippen molar-refractivity contribution in [1.29, 1.82) is 0 Å². The summed E-state index contributed by atoms with van der Waals surface area (Å²) < 4.78 is 6.33. The van der Waals surface area contributed by atoms with Crippen molar-refractivity contribution in [3.05, 3.63) is 40.5 Å². The normalized spacial score (nSPS) is 14.4. The number of carbonyl (C=O) groups excluding carboxylic acids is 1. The van der Waals surface area contributed by atoms with E-state index in [1.54, 1.807) is 18.3 Å². The van der Waals surface area contributed by atoms with E-state index in [2.05, 4.69) is 49.6 Å². The Morgan fingerprint density at radius 3 is 2.33 bits per heavy atom. The van der Waals surface area contributed by atoms with Crippen LogP contribution in [0.3, 0.4) is 0 Å². The fourth-order valence-corrected chi connectivity index (χ4v) is 5.20. The average molecular weight is 468 g/mol. The third kappa shape index (κ3) is 5.12. The first kappa shape index (κ1) is 23.4. The summed E-state index contributed by atoms with van der Waals surface area (Å²) in [4.78, 5) is 30.0. The second kappa shape index (κ2) is 10.1. The monoisotopic (exact) mass is 467 g/mol. The van der Waals surface area contributed by atoms with Gasteiger partial charge >= 0.3 is 0 Å². The zero-order valence-electron chi connectivity index (χ0n) is 20.2. The second-order valence-electron chi connectivity index (χ2n) is 8.46. The molecule has 33 heavy (non-hydrogen) atoms. The lowest BCUT2D eigenvalue weighted by molar-refractivity contribution is -0.129. The van der Waals surface area contributed by atoms with Crippen LogP contribution in [0.5, 0.6) is 11.6 Å². The molecule has 1 amide bonds. The summed E-state index contributed by atoms with van der Waals surface area (Å²) in [5.41, 5.74) is 2.32. The first-order valence-electron chi connectivity index (χ1n) is 11.7. The number of ether oxygens (including phenoxy) is 1. The Morgan fingerprint density at radius 1 is 1.06 bits per heavy atom. The van der Waals surface area contributed by atoms with Gasteiger partial charge in [-0.3, -0.25) is 9.69 Å². The van der Waals surface area contributed by atoms with Gasteiger partial charge in [-0.2, -0.15) is 4.98 Å². The predicted molar refractivity (Wildman–Crippen MR) is 134 cm³/mol. The number of hydrogen-bond donors (Lipinski definition) is 0. The van der Waals surface area contributed by atoms with Crippen LogP contribution < -0.4 is 9.64 Å². The molecule has 0 spiro atoms. The maximum absolute atomic E-state index is 11.6. The molecule has 3 aromatic rings. The molecular formula is C25H33N5O2S. The highest BCUT2D eigenvalue weighted by atomic mass is 32.1. The van der Waals surface area contributed by atoms with Gasteiger partial charge in [-0.1, -0.05) is 13.8 Å². The van der Waals surface area contributed by atoms with E-state index in [0.717, 1.165) is 66.7 Å². The van der Waals surface area contributed by atoms with Crippen LogP contribution in [0.4, 0.5) is 5.69 Å². The number of amides is 1. The molecule has 7 nitrogen and oxygen atoms in total. The lowest BCUT2D eigenvalue weighted by Gasteiger charge is -2.35. The van der Waals surface area contributed by atoms with Crippen molar-refractivity contribution < 1.29 is 9.53 Å². The molecule has 0 aliphatic carbocycles. The number of nitrogens with zero attached hydrogens (tertiary/aromatic N) is 5. The molecule has 8 heteroatoms. The third-order valence-corrected chi connectivity index (χ3v) is 7.54. The van der Waals surface area contributed by atoms with E-state index < -0.39 is 0 Å². The van der Waals surface area contributed by atoms with Crippen LogP contribution >= 0.6 is 11.3 Å². The third-order valence-electron chi connectivity index (χ3n) is 6.44. The van der Waals surface area contributed by atoms with E-state index in [0.29, 0.717) is 12.4 Å². The standard InChI is InChI=1S/C25H33N5O2S/c1-6-28(7-2)16-22-26-24(23-17(3)18(4)33-25(23)27-22)32-21-10-8-20(9-11-21)30-14-12-29(13-15-30)19(5)31/h8-11H,6-7,12-16H2,1-5H3. The fraction of sp³-hybridized carbons (Fsp3) is 0.480. The summed E-state index contributed by atoms with van der Waals surface area (Å²) in [5, 5.41) is 1.00. The average Bonchev–Trinajstić information content (AvgIpc) is 3.11. The minimum Gasteiger partial charge on any atom is -0.438 e. The summed E-state index contributed by atoms with van der Waals surface area (Å²) in [5.74, 6) is 2.33. The van der Waals surface area contributed by atoms with Crippen molar-refractivity contribution in [3.63, 3.8) is 0 Å². The van der Waals surface area contributed by atoms with Gasteiger partial charge in [0.1, 0.15) is 16.4 Å². The van der Waals surface area contributed by atoms with Gasteiger partial charge in [-0.15, -0.1) is 11.3 Å². The SMILES string of the molecule is CCN(CC)Cc1nc(Oc2ccc(N3CCN(C(C)=O)CC3)cc2)c2c(C)c(C)sc2n1. The van der Waals surface area contributed by atoms with Gasteiger partial charge in [-0.05, 0) is 56.8 Å². The quantitative estimate of drug-likeness (QED) is 0.506. The van der Waals surface area contributed by atoms with E-state index >= 15 is 0 Å². The van der Waals surface area contributed by atoms with Crippen LogP contribution in [0.15, 0.2) is 24.3 Å². The molecule has 4 rings (SSSR count). The molecule has 1 aromatic carbocycles. The first-order valence-corrected chi connectivity index (χ1v) is 12.5. The van der Waals surface area contributed by atoms with E-state index in [-0.39, 0.29) is 5.91 Å². The van der Waals surface area contributed by atoms with Gasteiger partial charge in [0.25, 0.3) is 0 Å². The highest BCUT2D eigenvalue weighted by Gasteiger charge is 2.20. The maximum atomic E-state index is 11.6. The van der Waals surface area contributed by atoms with Gasteiger partial charge in [0, 0.05) is 43.7 Å². The zero-order valence-corrected chi connectivity index (χ0v) is 21.0. The number of aromatic nitrogens is 2. The van der Waals surface area contributed by atoms with Crippen LogP contribution in [-0.4, -0.2) is 64.9 Å². The molecule has 0 unspecified atom stereocenters. The molecular weight excluding hydrogens is 434 g/mol. The first-order chi connectivity index (χ1) is 15.9. The topological polar surface area (TPSA) is 61.8 Å². The van der Waals surface area contributed by atoms with Crippen molar-refractivity contribution in [1.82, 2.24) is 19.8 Å². The highest BCUT2D eigenvalue weighted by Crippen LogP contribution is 2.37. The van der Waals surface area contributed by atoms with E-state index in [9.17, 15) is 4.79 Å². The minimum absolute atomic E-state index is 0.147. The second-order valence-corrected chi connectivity index (χ2v) is 9.66. The Balaban J connectivity index is 1.56. The molecule has 0 saturated carbocycles. The van der Waals surface area contributed by atoms with Gasteiger partial charge in [0.15, 0.2) is 0 Å². The fourth-order valence-electron chi connectivity index (χ4n) is 4.16. The molecule has 1 fully saturated rings. The Bertz CT molecular complexity index is 1120. The molecule has 0 radical (unpaired) electrons. The van der Waals surface area contributed by atoms with Gasteiger partial charge in [-0.25, -0.2) is 4.98 Å². The van der Waals surface area contributed by atoms with E-state index in [1.807, 2.05) is 17.0 Å². The predicted octanol–water partition coefficient (Wildman–Crippen LogP) is 4.61. The van der Waals surface area contributed by atoms with Gasteiger partial charge < -0.3 is 14.5 Å². The van der Waals surface area contributed by atoms with Crippen molar-refractivity contribution in [2.24, 2.45) is 0 Å². The zero-order chi connectivity index (χ0) is 23.5. The summed E-state index contributed by atoms with van der Waals surface area (Å²) in [6, 6.07) is 8.16. The number of hydrogen-bond acceptors (Lipinski definition) is 7. The lowest BCUT2D eigenvalue weighted by atomic mass is 10.2. The number of aryl methyl sites for hydroxylation is 2. The summed E-state index contributed by atoms with van der Waals surface area (Å²) >= 11 is 1.70. The van der Waals surface area contributed by atoms with Crippen molar-refractivity contribution in [2.75, 3.05) is 44.2 Å². The summed E-state index contributed by atoms with van der Waals surface area (Å²) in [6.07, 6.45) is 0. The molecule has 1 saturated heterocycles. The van der Waals surface area contributed by atoms with Crippen LogP contribution in [-0.2, 0) is 11.3 Å². The molecule has 2 aromatic heterocycles. The number of fused-ring (bicyclic) bond motifs is 1. The van der Waals surface area contributed by atoms with Crippen LogP contribution in [0, 0.1) is 13.8 Å². The lowest BCUT2D eigenvalue weighted by Crippen LogP contribution is -2.48. The molecule has 0 bridgehead atoms. The largest absolute Gasteiger partial charge is 0.438 e. The van der Waals surface area contributed by atoms with Crippen molar-refractivity contribution >= 4 is 33.1 Å². The Morgan fingerprint density at radius 2 is 1.73 bits per heavy atom. The summed E-state index contributed by atoms with van der Waals surface area (Å²) in [6.45, 7) is 16.0. The molecule has 176 valence electrons. The Labute approximate surface area is 200 Å². The minimum atomic E-state index is 0.147. The van der Waals surface area contributed by atoms with Gasteiger partial charge in [0.05, 0.1) is 11.9 Å². The Kier molecular flexibility index (Phi) is 7.14. The van der Waals surface area contributed by atoms with Crippen molar-refractivity contribution in [2.45, 2.75) is 41.2 Å². The van der Waals surface area contributed by atoms with Crippen LogP contribution in [0.1, 0.15) is 37.0 Å². The molecule has 0 N–H and O–H groups in total. The van der Waals surface area contributed by atoms with Crippen molar-refractivity contribution in [3.8, 4) is 11.6 Å². The number of carbonyl (C=O) groups is 1. The number of rotatable bonds is 7. The molecule has 1 aliphatic rings. The van der Waals surface area contributed by atoms with Crippen LogP contribution in [0.25, 0.3) is 10.2 Å². The number of benzene rings is 1. The van der Waals surface area contributed by atoms with Gasteiger partial charge in [0.2, 0.25) is 11.8 Å². The summed E-state index contributed by atoms with van der Waals surface area (Å²) in [7, 11) is 0. The van der Waals surface area contributed by atoms with Crippen LogP contribution in [0.2, 0.25) is 0 Å². The smallest absolute Gasteiger partial charge is 0.231 e. The number of anilines is 1. The van der Waals surface area contributed by atoms with E-state index in [4.69, 9.17) is 14.7 Å². The molecule has 3 heterocycles. The molecule has 0 atom stereocenters. The number of piperazine rings is 1.